The van der Waals surface area contributed by atoms with Crippen molar-refractivity contribution < 1.29 is 14.3 Å². The third-order valence-electron chi connectivity index (χ3n) is 4.44. The maximum atomic E-state index is 12.0. The minimum atomic E-state index is 0. The van der Waals surface area contributed by atoms with Crippen LogP contribution in [0, 0.1) is 0 Å². The summed E-state index contributed by atoms with van der Waals surface area (Å²) in [5.74, 6) is 0.968. The van der Waals surface area contributed by atoms with Gasteiger partial charge in [0.2, 0.25) is 5.91 Å². The number of ether oxygens (including phenoxy) is 2. The van der Waals surface area contributed by atoms with Gasteiger partial charge in [-0.3, -0.25) is 4.79 Å². The molecule has 1 aromatic carbocycles. The van der Waals surface area contributed by atoms with E-state index in [2.05, 4.69) is 29.7 Å². The first kappa shape index (κ1) is 21.7. The molecule has 25 heavy (non-hydrogen) atoms. The number of hydrogen-bond acceptors (Lipinski definition) is 4. The lowest BCUT2D eigenvalue weighted by Crippen LogP contribution is -2.51. The minimum absolute atomic E-state index is 0. The van der Waals surface area contributed by atoms with Crippen molar-refractivity contribution in [2.24, 2.45) is 0 Å². The molecule has 0 saturated carbocycles. The van der Waals surface area contributed by atoms with Crippen LogP contribution in [0.4, 0.5) is 0 Å². The first-order valence-electron chi connectivity index (χ1n) is 8.92. The van der Waals surface area contributed by atoms with Gasteiger partial charge in [-0.25, -0.2) is 0 Å². The van der Waals surface area contributed by atoms with E-state index in [0.29, 0.717) is 19.1 Å². The standard InChI is InChI=1S/C19H30N2O3.ClH/c1-15-18(5-3-12-20-15)21-19(22)6-4-13-24-17-9-7-16(8-10-17)11-14-23-2;/h7-10,15,18,20H,3-6,11-14H2,1-2H3,(H,21,22);1H. The molecule has 5 nitrogen and oxygen atoms in total. The van der Waals surface area contributed by atoms with E-state index in [9.17, 15) is 4.79 Å². The molecular weight excluding hydrogens is 340 g/mol. The summed E-state index contributed by atoms with van der Waals surface area (Å²) in [6, 6.07) is 8.67. The molecule has 1 aliphatic heterocycles. The number of nitrogens with one attached hydrogen (secondary N) is 2. The second-order valence-corrected chi connectivity index (χ2v) is 6.40. The van der Waals surface area contributed by atoms with Gasteiger partial charge in [0.05, 0.1) is 13.2 Å². The van der Waals surface area contributed by atoms with Gasteiger partial charge in [-0.05, 0) is 56.8 Å². The highest BCUT2D eigenvalue weighted by Crippen LogP contribution is 2.13. The molecular formula is C19H31ClN2O3. The molecule has 1 aromatic rings. The zero-order chi connectivity index (χ0) is 17.2. The van der Waals surface area contributed by atoms with E-state index < -0.39 is 0 Å². The molecule has 2 atom stereocenters. The molecule has 2 rings (SSSR count). The van der Waals surface area contributed by atoms with Crippen molar-refractivity contribution in [3.8, 4) is 5.75 Å². The Morgan fingerprint density at radius 2 is 2.04 bits per heavy atom. The summed E-state index contributed by atoms with van der Waals surface area (Å²) < 4.78 is 10.8. The fraction of sp³-hybridized carbons (Fsp3) is 0.632. The number of amides is 1. The van der Waals surface area contributed by atoms with Gasteiger partial charge in [0, 0.05) is 25.6 Å². The molecule has 142 valence electrons. The third kappa shape index (κ3) is 8.08. The van der Waals surface area contributed by atoms with E-state index in [4.69, 9.17) is 9.47 Å². The van der Waals surface area contributed by atoms with Crippen LogP contribution in [-0.4, -0.2) is 44.9 Å². The maximum absolute atomic E-state index is 12.0. The smallest absolute Gasteiger partial charge is 0.220 e. The summed E-state index contributed by atoms with van der Waals surface area (Å²) >= 11 is 0. The van der Waals surface area contributed by atoms with Crippen molar-refractivity contribution in [1.29, 1.82) is 0 Å². The van der Waals surface area contributed by atoms with Gasteiger partial charge in [-0.1, -0.05) is 12.1 Å². The van der Waals surface area contributed by atoms with E-state index in [1.54, 1.807) is 7.11 Å². The van der Waals surface area contributed by atoms with Crippen LogP contribution >= 0.6 is 12.4 Å². The molecule has 0 aromatic heterocycles. The molecule has 6 heteroatoms. The fourth-order valence-electron chi connectivity index (χ4n) is 2.92. The summed E-state index contributed by atoms with van der Waals surface area (Å²) in [7, 11) is 1.71. The van der Waals surface area contributed by atoms with Crippen LogP contribution in [0.25, 0.3) is 0 Å². The van der Waals surface area contributed by atoms with Gasteiger partial charge in [-0.15, -0.1) is 12.4 Å². The molecule has 0 spiro atoms. The van der Waals surface area contributed by atoms with Crippen LogP contribution in [-0.2, 0) is 16.0 Å². The SMILES string of the molecule is COCCc1ccc(OCCCC(=O)NC2CCCNC2C)cc1.Cl. The van der Waals surface area contributed by atoms with E-state index in [1.165, 1.54) is 5.56 Å². The van der Waals surface area contributed by atoms with Gasteiger partial charge in [0.15, 0.2) is 0 Å². The van der Waals surface area contributed by atoms with Crippen LogP contribution < -0.4 is 15.4 Å². The van der Waals surface area contributed by atoms with Crippen molar-refractivity contribution in [2.45, 2.75) is 51.1 Å². The highest BCUT2D eigenvalue weighted by Gasteiger charge is 2.21. The molecule has 2 unspecified atom stereocenters. The van der Waals surface area contributed by atoms with Gasteiger partial charge in [-0.2, -0.15) is 0 Å². The van der Waals surface area contributed by atoms with Crippen molar-refractivity contribution >= 4 is 18.3 Å². The molecule has 0 radical (unpaired) electrons. The summed E-state index contributed by atoms with van der Waals surface area (Å²) in [5.41, 5.74) is 1.23. The van der Waals surface area contributed by atoms with Crippen LogP contribution in [0.1, 0.15) is 38.2 Å². The highest BCUT2D eigenvalue weighted by atomic mass is 35.5. The van der Waals surface area contributed by atoms with E-state index >= 15 is 0 Å². The second kappa shape index (κ2) is 12.1. The summed E-state index contributed by atoms with van der Waals surface area (Å²) in [6.45, 7) is 4.46. The predicted octanol–water partition coefficient (Wildman–Crippen LogP) is 2.71. The Balaban J connectivity index is 0.00000312. The lowest BCUT2D eigenvalue weighted by molar-refractivity contribution is -0.122. The number of rotatable bonds is 9. The Bertz CT molecular complexity index is 496. The molecule has 1 fully saturated rings. The van der Waals surface area contributed by atoms with E-state index in [-0.39, 0.29) is 24.4 Å². The quantitative estimate of drug-likeness (QED) is 0.656. The Morgan fingerprint density at radius 3 is 2.72 bits per heavy atom. The molecule has 0 bridgehead atoms. The number of methoxy groups -OCH3 is 1. The summed E-state index contributed by atoms with van der Waals surface area (Å²) in [5, 5.41) is 6.52. The van der Waals surface area contributed by atoms with Crippen molar-refractivity contribution in [1.82, 2.24) is 10.6 Å². The monoisotopic (exact) mass is 370 g/mol. The van der Waals surface area contributed by atoms with Crippen LogP contribution in [0.2, 0.25) is 0 Å². The molecule has 1 aliphatic rings. The van der Waals surface area contributed by atoms with Crippen LogP contribution in [0.5, 0.6) is 5.75 Å². The normalized spacial score (nSPS) is 19.8. The van der Waals surface area contributed by atoms with Crippen molar-refractivity contribution in [3.05, 3.63) is 29.8 Å². The Morgan fingerprint density at radius 1 is 1.28 bits per heavy atom. The maximum Gasteiger partial charge on any atom is 0.220 e. The van der Waals surface area contributed by atoms with E-state index in [1.807, 2.05) is 12.1 Å². The zero-order valence-electron chi connectivity index (χ0n) is 15.3. The van der Waals surface area contributed by atoms with Gasteiger partial charge < -0.3 is 20.1 Å². The predicted molar refractivity (Wildman–Crippen MR) is 103 cm³/mol. The van der Waals surface area contributed by atoms with Crippen LogP contribution in [0.3, 0.4) is 0 Å². The van der Waals surface area contributed by atoms with Gasteiger partial charge in [0.25, 0.3) is 0 Å². The molecule has 1 amide bonds. The number of benzene rings is 1. The zero-order valence-corrected chi connectivity index (χ0v) is 16.1. The largest absolute Gasteiger partial charge is 0.494 e. The fourth-order valence-corrected chi connectivity index (χ4v) is 2.92. The van der Waals surface area contributed by atoms with Gasteiger partial charge >= 0.3 is 0 Å². The number of halogens is 1. The Hall–Kier alpha value is -1.30. The highest BCUT2D eigenvalue weighted by molar-refractivity contribution is 5.85. The molecule has 0 aliphatic carbocycles. The first-order chi connectivity index (χ1) is 11.7. The topological polar surface area (TPSA) is 59.6 Å². The third-order valence-corrected chi connectivity index (χ3v) is 4.44. The van der Waals surface area contributed by atoms with E-state index in [0.717, 1.165) is 44.6 Å². The number of carbonyl (C=O) groups excluding carboxylic acids is 1. The molecule has 2 N–H and O–H groups in total. The lowest BCUT2D eigenvalue weighted by atomic mass is 10.00. The lowest BCUT2D eigenvalue weighted by Gasteiger charge is -2.30. The molecule has 1 saturated heterocycles. The van der Waals surface area contributed by atoms with Gasteiger partial charge in [0.1, 0.15) is 5.75 Å². The summed E-state index contributed by atoms with van der Waals surface area (Å²) in [6.07, 6.45) is 4.33. The summed E-state index contributed by atoms with van der Waals surface area (Å²) in [4.78, 5) is 12.0. The Kier molecular flexibility index (Phi) is 10.5. The van der Waals surface area contributed by atoms with Crippen molar-refractivity contribution in [3.63, 3.8) is 0 Å². The first-order valence-corrected chi connectivity index (χ1v) is 8.92. The average Bonchev–Trinajstić information content (AvgIpc) is 2.60. The average molecular weight is 371 g/mol. The second-order valence-electron chi connectivity index (χ2n) is 6.40. The minimum Gasteiger partial charge on any atom is -0.494 e. The number of piperidine rings is 1. The number of hydrogen-bond donors (Lipinski definition) is 2. The van der Waals surface area contributed by atoms with Crippen molar-refractivity contribution in [2.75, 3.05) is 26.9 Å². The van der Waals surface area contributed by atoms with Crippen LogP contribution in [0.15, 0.2) is 24.3 Å². The molecule has 1 heterocycles. The number of carbonyl (C=O) groups is 1. The Labute approximate surface area is 157 Å².